The number of halogens is 4. The molecule has 4 heterocycles. The first-order valence-electron chi connectivity index (χ1n) is 13.8. The Morgan fingerprint density at radius 1 is 1.12 bits per heavy atom. The lowest BCUT2D eigenvalue weighted by Crippen LogP contribution is -2.57. The van der Waals surface area contributed by atoms with Crippen LogP contribution in [0.25, 0.3) is 0 Å². The van der Waals surface area contributed by atoms with Crippen LogP contribution in [-0.2, 0) is 34.5 Å². The number of likely N-dealkylation sites (tertiary alicyclic amines) is 1. The number of imide groups is 1. The monoisotopic (exact) mass is 576 g/mol. The maximum absolute atomic E-state index is 16.3. The van der Waals surface area contributed by atoms with Gasteiger partial charge in [-0.25, -0.2) is 4.39 Å². The molecular formula is C29H32F4N4O4. The van der Waals surface area contributed by atoms with Crippen molar-refractivity contribution in [3.8, 4) is 0 Å². The molecule has 2 unspecified atom stereocenters. The Bertz CT molecular complexity index is 1380. The van der Waals surface area contributed by atoms with Gasteiger partial charge in [-0.15, -0.1) is 0 Å². The van der Waals surface area contributed by atoms with E-state index in [-0.39, 0.29) is 42.5 Å². The molecule has 5 rings (SSSR count). The predicted octanol–water partition coefficient (Wildman–Crippen LogP) is 3.90. The van der Waals surface area contributed by atoms with Crippen molar-refractivity contribution >= 4 is 17.7 Å². The lowest BCUT2D eigenvalue weighted by Gasteiger charge is -2.54. The smallest absolute Gasteiger partial charge is 0.384 e. The summed E-state index contributed by atoms with van der Waals surface area (Å²) in [6.07, 6.45) is -1.92. The van der Waals surface area contributed by atoms with Crippen LogP contribution in [-0.4, -0.2) is 56.7 Å². The standard InChI is InChI=1S/C29H32F4N4O4/c1-3-27(4-2)16-36(14-17-5-9-22(34-13-17)29(31,32)33)12-11-28(27,41)20-7-6-18-19(24(20)30)15-37(26(18)40)21-8-10-23(38)35-25(21)39/h5-7,9,13,21,41H,3-4,8,10-12,14-16H2,1-2H3,(H,35,38,39). The topological polar surface area (TPSA) is 103 Å². The normalized spacial score (nSPS) is 24.9. The van der Waals surface area contributed by atoms with Crippen molar-refractivity contribution in [1.82, 2.24) is 20.1 Å². The van der Waals surface area contributed by atoms with Crippen LogP contribution in [0.2, 0.25) is 0 Å². The number of hydrogen-bond acceptors (Lipinski definition) is 6. The molecule has 12 heteroatoms. The second-order valence-corrected chi connectivity index (χ2v) is 11.2. The fourth-order valence-electron chi connectivity index (χ4n) is 6.70. The lowest BCUT2D eigenvalue weighted by atomic mass is 9.61. The average molecular weight is 577 g/mol. The molecule has 1 aromatic heterocycles. The average Bonchev–Trinajstić information content (AvgIpc) is 3.26. The number of rotatable bonds is 6. The van der Waals surface area contributed by atoms with Gasteiger partial charge in [0, 0.05) is 54.4 Å². The first-order chi connectivity index (χ1) is 19.3. The summed E-state index contributed by atoms with van der Waals surface area (Å²) in [5.74, 6) is -2.18. The van der Waals surface area contributed by atoms with E-state index in [1.54, 1.807) is 0 Å². The van der Waals surface area contributed by atoms with Gasteiger partial charge in [-0.3, -0.25) is 29.6 Å². The molecule has 41 heavy (non-hydrogen) atoms. The Balaban J connectivity index is 1.40. The highest BCUT2D eigenvalue weighted by Gasteiger charge is 2.54. The van der Waals surface area contributed by atoms with Crippen LogP contribution in [0.4, 0.5) is 17.6 Å². The van der Waals surface area contributed by atoms with Gasteiger partial charge in [-0.05, 0) is 43.4 Å². The highest BCUT2D eigenvalue weighted by atomic mass is 19.4. The maximum atomic E-state index is 16.3. The Morgan fingerprint density at radius 3 is 2.46 bits per heavy atom. The second kappa shape index (κ2) is 10.5. The molecule has 3 aliphatic rings. The summed E-state index contributed by atoms with van der Waals surface area (Å²) in [4.78, 5) is 44.0. The molecule has 2 saturated heterocycles. The molecular weight excluding hydrogens is 544 g/mol. The lowest BCUT2D eigenvalue weighted by molar-refractivity contribution is -0.150. The van der Waals surface area contributed by atoms with E-state index in [2.05, 4.69) is 10.3 Å². The van der Waals surface area contributed by atoms with Crippen molar-refractivity contribution in [2.45, 2.75) is 76.9 Å². The second-order valence-electron chi connectivity index (χ2n) is 11.2. The Kier molecular flexibility index (Phi) is 7.44. The number of aliphatic hydroxyl groups is 1. The molecule has 0 spiro atoms. The summed E-state index contributed by atoms with van der Waals surface area (Å²) in [6.45, 7) is 4.74. The van der Waals surface area contributed by atoms with E-state index in [0.29, 0.717) is 38.0 Å². The molecule has 2 fully saturated rings. The SMILES string of the molecule is CCC1(CC)CN(Cc2ccc(C(F)(F)F)nc2)CCC1(O)c1ccc2c(c1F)CN(C1CCC(=O)NC1=O)C2=O. The van der Waals surface area contributed by atoms with E-state index in [1.807, 2.05) is 18.7 Å². The minimum atomic E-state index is -4.52. The predicted molar refractivity (Wildman–Crippen MR) is 138 cm³/mol. The van der Waals surface area contributed by atoms with E-state index in [0.717, 1.165) is 6.07 Å². The molecule has 3 aliphatic heterocycles. The van der Waals surface area contributed by atoms with Crippen molar-refractivity contribution in [1.29, 1.82) is 0 Å². The number of aromatic nitrogens is 1. The van der Waals surface area contributed by atoms with Crippen molar-refractivity contribution in [3.05, 3.63) is 64.2 Å². The van der Waals surface area contributed by atoms with E-state index in [9.17, 15) is 32.7 Å². The van der Waals surface area contributed by atoms with Gasteiger partial charge < -0.3 is 10.0 Å². The van der Waals surface area contributed by atoms with E-state index in [1.165, 1.54) is 29.3 Å². The maximum Gasteiger partial charge on any atom is 0.433 e. The summed E-state index contributed by atoms with van der Waals surface area (Å²) in [5, 5.41) is 14.5. The molecule has 2 N–H and O–H groups in total. The number of piperidine rings is 2. The van der Waals surface area contributed by atoms with Gasteiger partial charge in [0.25, 0.3) is 5.91 Å². The number of carbonyl (C=O) groups is 3. The van der Waals surface area contributed by atoms with E-state index < -0.39 is 52.5 Å². The molecule has 1 aromatic carbocycles. The van der Waals surface area contributed by atoms with Crippen molar-refractivity contribution < 1.29 is 37.1 Å². The third-order valence-electron chi connectivity index (χ3n) is 9.16. The molecule has 0 aliphatic carbocycles. The number of nitrogens with one attached hydrogen (secondary N) is 1. The molecule has 3 amide bonds. The molecule has 2 atom stereocenters. The van der Waals surface area contributed by atoms with Gasteiger partial charge in [0.15, 0.2) is 0 Å². The molecule has 0 saturated carbocycles. The number of benzene rings is 1. The summed E-state index contributed by atoms with van der Waals surface area (Å²) >= 11 is 0. The number of fused-ring (bicyclic) bond motifs is 1. The Labute approximate surface area is 234 Å². The van der Waals surface area contributed by atoms with E-state index >= 15 is 4.39 Å². The molecule has 8 nitrogen and oxygen atoms in total. The fraction of sp³-hybridized carbons (Fsp3) is 0.517. The molecule has 220 valence electrons. The zero-order valence-corrected chi connectivity index (χ0v) is 22.9. The van der Waals surface area contributed by atoms with Crippen molar-refractivity contribution in [2.75, 3.05) is 13.1 Å². The van der Waals surface area contributed by atoms with Crippen molar-refractivity contribution in [2.24, 2.45) is 5.41 Å². The van der Waals surface area contributed by atoms with Crippen LogP contribution >= 0.6 is 0 Å². The minimum Gasteiger partial charge on any atom is -0.384 e. The zero-order chi connectivity index (χ0) is 29.7. The van der Waals surface area contributed by atoms with E-state index in [4.69, 9.17) is 0 Å². The Morgan fingerprint density at radius 2 is 1.85 bits per heavy atom. The van der Waals surface area contributed by atoms with Crippen LogP contribution in [0.5, 0.6) is 0 Å². The zero-order valence-electron chi connectivity index (χ0n) is 22.9. The van der Waals surface area contributed by atoms with Gasteiger partial charge in [-0.1, -0.05) is 26.0 Å². The summed E-state index contributed by atoms with van der Waals surface area (Å²) in [5.41, 5.74) is -2.39. The number of alkyl halides is 3. The summed E-state index contributed by atoms with van der Waals surface area (Å²) in [7, 11) is 0. The van der Waals surface area contributed by atoms with Gasteiger partial charge >= 0.3 is 6.18 Å². The van der Waals surface area contributed by atoms with Crippen LogP contribution in [0.15, 0.2) is 30.5 Å². The van der Waals surface area contributed by atoms with Crippen LogP contribution in [0.1, 0.15) is 78.7 Å². The van der Waals surface area contributed by atoms with Crippen LogP contribution in [0.3, 0.4) is 0 Å². The van der Waals surface area contributed by atoms with Crippen LogP contribution in [0, 0.1) is 11.2 Å². The number of amides is 3. The minimum absolute atomic E-state index is 0.0819. The molecule has 0 bridgehead atoms. The largest absolute Gasteiger partial charge is 0.433 e. The first kappa shape index (κ1) is 29.1. The van der Waals surface area contributed by atoms with Crippen LogP contribution < -0.4 is 5.32 Å². The highest BCUT2D eigenvalue weighted by Crippen LogP contribution is 2.52. The molecule has 2 aromatic rings. The number of nitrogens with zero attached hydrogens (tertiary/aromatic N) is 3. The summed E-state index contributed by atoms with van der Waals surface area (Å²) < 4.78 is 55.0. The number of pyridine rings is 1. The van der Waals surface area contributed by atoms with Gasteiger partial charge in [-0.2, -0.15) is 13.2 Å². The fourth-order valence-corrected chi connectivity index (χ4v) is 6.70. The van der Waals surface area contributed by atoms with Crippen molar-refractivity contribution in [3.63, 3.8) is 0 Å². The number of hydrogen-bond donors (Lipinski definition) is 2. The highest BCUT2D eigenvalue weighted by molar-refractivity contribution is 6.05. The first-order valence-corrected chi connectivity index (χ1v) is 13.8. The summed E-state index contributed by atoms with van der Waals surface area (Å²) in [6, 6.07) is 4.40. The van der Waals surface area contributed by atoms with Gasteiger partial charge in [0.2, 0.25) is 11.8 Å². The molecule has 0 radical (unpaired) electrons. The quantitative estimate of drug-likeness (QED) is 0.400. The number of carbonyl (C=O) groups excluding carboxylic acids is 3. The third kappa shape index (κ3) is 4.90. The Hall–Kier alpha value is -3.38. The van der Waals surface area contributed by atoms with Gasteiger partial charge in [0.1, 0.15) is 23.2 Å². The van der Waals surface area contributed by atoms with Gasteiger partial charge in [0.05, 0.1) is 6.54 Å². The third-order valence-corrected chi connectivity index (χ3v) is 9.16.